The molecule has 9 heavy (non-hydrogen) atoms. The van der Waals surface area contributed by atoms with Gasteiger partial charge in [0, 0.05) is 6.42 Å². The van der Waals surface area contributed by atoms with Gasteiger partial charge >= 0.3 is 12.0 Å². The van der Waals surface area contributed by atoms with Gasteiger partial charge in [-0.05, 0) is 0 Å². The molecular formula is C5H6N2O2. The molecule has 0 heterocycles. The quantitative estimate of drug-likeness (QED) is 0.228. The summed E-state index contributed by atoms with van der Waals surface area (Å²) in [5.41, 5.74) is 7.78. The van der Waals surface area contributed by atoms with Crippen molar-refractivity contribution >= 4 is 17.8 Å². The summed E-state index contributed by atoms with van der Waals surface area (Å²) in [5, 5.41) is 0. The van der Waals surface area contributed by atoms with Gasteiger partial charge in [0.2, 0.25) is 5.78 Å². The van der Waals surface area contributed by atoms with Crippen LogP contribution in [0.4, 0.5) is 0 Å². The first-order valence-corrected chi connectivity index (χ1v) is 2.47. The van der Waals surface area contributed by atoms with E-state index < -0.39 is 11.6 Å². The lowest BCUT2D eigenvalue weighted by Crippen LogP contribution is -2.13. The van der Waals surface area contributed by atoms with E-state index in [1.807, 2.05) is 0 Å². The molecule has 4 heteroatoms. The third-order valence-electron chi connectivity index (χ3n) is 0.771. The second-order valence-corrected chi connectivity index (χ2v) is 1.39. The Morgan fingerprint density at radius 3 is 2.56 bits per heavy atom. The van der Waals surface area contributed by atoms with Gasteiger partial charge in [-0.15, -0.1) is 0 Å². The lowest BCUT2D eigenvalue weighted by Gasteiger charge is -1.79. The molecule has 0 atom stereocenters. The van der Waals surface area contributed by atoms with Gasteiger partial charge in [0.15, 0.2) is 0 Å². The first kappa shape index (κ1) is 7.72. The summed E-state index contributed by atoms with van der Waals surface area (Å²) < 4.78 is 0. The van der Waals surface area contributed by atoms with Crippen molar-refractivity contribution in [1.29, 1.82) is 0 Å². The molecule has 0 radical (unpaired) electrons. The minimum Gasteiger partial charge on any atom is -0.361 e. The molecule has 4 nitrogen and oxygen atoms in total. The molecule has 0 fully saturated rings. The van der Waals surface area contributed by atoms with Crippen LogP contribution in [0.2, 0.25) is 0 Å². The number of hydrogen-bond acceptors (Lipinski definition) is 2. The Labute approximate surface area is 52.1 Å². The molecular weight excluding hydrogens is 120 g/mol. The normalized spacial score (nSPS) is 7.67. The van der Waals surface area contributed by atoms with Gasteiger partial charge < -0.3 is 5.53 Å². The Kier molecular flexibility index (Phi) is 3.16. The Balaban J connectivity index is 4.04. The van der Waals surface area contributed by atoms with E-state index in [9.17, 15) is 9.59 Å². The molecule has 0 saturated carbocycles. The maximum Gasteiger partial charge on any atom is 0.331 e. The van der Waals surface area contributed by atoms with E-state index in [2.05, 4.69) is 4.79 Å². The van der Waals surface area contributed by atoms with Crippen molar-refractivity contribution in [2.24, 2.45) is 0 Å². The van der Waals surface area contributed by atoms with Crippen LogP contribution in [-0.4, -0.2) is 22.6 Å². The number of carbonyl (C=O) groups excluding carboxylic acids is 2. The van der Waals surface area contributed by atoms with E-state index in [1.165, 1.54) is 0 Å². The molecule has 0 aliphatic carbocycles. The molecule has 0 amide bonds. The summed E-state index contributed by atoms with van der Waals surface area (Å²) in [4.78, 5) is 23.1. The molecule has 0 aromatic rings. The van der Waals surface area contributed by atoms with Crippen molar-refractivity contribution in [3.63, 3.8) is 0 Å². The molecule has 0 aliphatic heterocycles. The Morgan fingerprint density at radius 1 is 1.67 bits per heavy atom. The average molecular weight is 126 g/mol. The molecule has 0 rings (SSSR count). The number of hydrogen-bond donors (Lipinski definition) is 0. The lowest BCUT2D eigenvalue weighted by atomic mass is 10.2. The molecule has 0 N–H and O–H groups in total. The highest BCUT2D eigenvalue weighted by Gasteiger charge is 2.10. The number of Topliss-reactive ketones (excluding diaryl/α,β-unsaturated/α-hetero) is 2. The van der Waals surface area contributed by atoms with Gasteiger partial charge in [-0.25, -0.2) is 0 Å². The molecule has 0 bridgehead atoms. The zero-order valence-corrected chi connectivity index (χ0v) is 5.00. The van der Waals surface area contributed by atoms with Crippen molar-refractivity contribution < 1.29 is 14.4 Å². The fourth-order valence-electron chi connectivity index (χ4n) is 0.299. The largest absolute Gasteiger partial charge is 0.361 e. The van der Waals surface area contributed by atoms with Crippen LogP contribution in [0.3, 0.4) is 0 Å². The van der Waals surface area contributed by atoms with Crippen LogP contribution >= 0.6 is 0 Å². The van der Waals surface area contributed by atoms with Gasteiger partial charge in [-0.1, -0.05) is 6.92 Å². The fourth-order valence-corrected chi connectivity index (χ4v) is 0.299. The molecule has 0 aliphatic rings. The minimum absolute atomic E-state index is 0.144. The van der Waals surface area contributed by atoms with Crippen LogP contribution in [0.5, 0.6) is 0 Å². The van der Waals surface area contributed by atoms with Crippen LogP contribution in [0.25, 0.3) is 5.53 Å². The molecule has 0 unspecified atom stereocenters. The highest BCUT2D eigenvalue weighted by atomic mass is 16.2. The van der Waals surface area contributed by atoms with Crippen molar-refractivity contribution in [3.8, 4) is 0 Å². The Bertz CT molecular complexity index is 179. The van der Waals surface area contributed by atoms with E-state index in [4.69, 9.17) is 5.53 Å². The summed E-state index contributed by atoms with van der Waals surface area (Å²) >= 11 is 0. The average Bonchev–Trinajstić information content (AvgIpc) is 1.87. The van der Waals surface area contributed by atoms with E-state index >= 15 is 0 Å². The van der Waals surface area contributed by atoms with Crippen LogP contribution < -0.4 is 0 Å². The monoisotopic (exact) mass is 126 g/mol. The van der Waals surface area contributed by atoms with Crippen molar-refractivity contribution in [3.05, 3.63) is 5.53 Å². The first-order chi connectivity index (χ1) is 4.22. The second-order valence-electron chi connectivity index (χ2n) is 1.39. The van der Waals surface area contributed by atoms with Crippen molar-refractivity contribution in [1.82, 2.24) is 0 Å². The second kappa shape index (κ2) is 3.69. The molecule has 0 aromatic carbocycles. The van der Waals surface area contributed by atoms with E-state index in [0.29, 0.717) is 6.21 Å². The fraction of sp³-hybridized carbons (Fsp3) is 0.400. The highest BCUT2D eigenvalue weighted by Crippen LogP contribution is 1.78. The summed E-state index contributed by atoms with van der Waals surface area (Å²) in [6.07, 6.45) is 0.733. The molecule has 0 saturated heterocycles. The topological polar surface area (TPSA) is 70.5 Å². The zero-order chi connectivity index (χ0) is 7.28. The predicted octanol–water partition coefficient (Wildman–Crippen LogP) is -0.165. The van der Waals surface area contributed by atoms with Crippen LogP contribution in [0.1, 0.15) is 13.3 Å². The number of ketones is 2. The maximum atomic E-state index is 10.3. The van der Waals surface area contributed by atoms with Gasteiger partial charge in [-0.3, -0.25) is 9.59 Å². The third kappa shape index (κ3) is 2.51. The Morgan fingerprint density at radius 2 is 2.22 bits per heavy atom. The van der Waals surface area contributed by atoms with Crippen LogP contribution in [0, 0.1) is 0 Å². The van der Waals surface area contributed by atoms with Crippen molar-refractivity contribution in [2.45, 2.75) is 13.3 Å². The standard InChI is InChI=1S/C5H6N2O2/c1-2-4(8)5(9)3-7-6/h3H,2H2,1H3. The summed E-state index contributed by atoms with van der Waals surface area (Å²) in [6.45, 7) is 1.56. The highest BCUT2D eigenvalue weighted by molar-refractivity contribution is 6.57. The maximum absolute atomic E-state index is 10.3. The van der Waals surface area contributed by atoms with E-state index in [1.54, 1.807) is 6.92 Å². The van der Waals surface area contributed by atoms with Crippen LogP contribution in [0.15, 0.2) is 0 Å². The van der Waals surface area contributed by atoms with Gasteiger partial charge in [-0.2, -0.15) is 4.79 Å². The zero-order valence-electron chi connectivity index (χ0n) is 5.00. The molecule has 0 spiro atoms. The van der Waals surface area contributed by atoms with Crippen molar-refractivity contribution in [2.75, 3.05) is 0 Å². The van der Waals surface area contributed by atoms with Gasteiger partial charge in [0.25, 0.3) is 0 Å². The molecule has 0 aromatic heterocycles. The summed E-state index contributed by atoms with van der Waals surface area (Å²) in [7, 11) is 0. The van der Waals surface area contributed by atoms with E-state index in [0.717, 1.165) is 0 Å². The Hall–Kier alpha value is -1.28. The number of carbonyl (C=O) groups is 2. The summed E-state index contributed by atoms with van der Waals surface area (Å²) in [6, 6.07) is 0. The van der Waals surface area contributed by atoms with Gasteiger partial charge in [0.05, 0.1) is 0 Å². The predicted molar refractivity (Wildman–Crippen MR) is 30.0 cm³/mol. The van der Waals surface area contributed by atoms with Crippen LogP contribution in [-0.2, 0) is 9.59 Å². The van der Waals surface area contributed by atoms with Gasteiger partial charge in [0.1, 0.15) is 0 Å². The minimum atomic E-state index is -0.764. The SMILES string of the molecule is CCC(=O)C(=O)C=[N+]=[N-]. The summed E-state index contributed by atoms with van der Waals surface area (Å²) in [5.74, 6) is -1.31. The third-order valence-corrected chi connectivity index (χ3v) is 0.771. The smallest absolute Gasteiger partial charge is 0.331 e. The van der Waals surface area contributed by atoms with E-state index in [-0.39, 0.29) is 6.42 Å². The number of nitrogens with zero attached hydrogens (tertiary/aromatic N) is 2. The lowest BCUT2D eigenvalue weighted by molar-refractivity contribution is -0.134. The first-order valence-electron chi connectivity index (χ1n) is 2.47. The number of rotatable bonds is 3. The molecule has 48 valence electrons.